The molecule has 0 saturated carbocycles. The van der Waals surface area contributed by atoms with Crippen molar-refractivity contribution in [2.45, 2.75) is 46.7 Å². The number of halogens is 1. The van der Waals surface area contributed by atoms with Gasteiger partial charge < -0.3 is 21.1 Å². The van der Waals surface area contributed by atoms with Gasteiger partial charge in [-0.15, -0.1) is 0 Å². The van der Waals surface area contributed by atoms with Crippen LogP contribution >= 0.6 is 11.6 Å². The van der Waals surface area contributed by atoms with E-state index in [0.29, 0.717) is 41.1 Å². The molecule has 3 aromatic rings. The molecule has 1 fully saturated rings. The third-order valence-corrected chi connectivity index (χ3v) is 6.98. The second-order valence-corrected chi connectivity index (χ2v) is 10.1. The number of amides is 1. The highest BCUT2D eigenvalue weighted by Gasteiger charge is 2.23. The standard InChI is InChI=1S/C26H34ClN7O2/c1-15(2)33-5-7-34(8-6-33)26-20(27)11-19(14-30-26)12-21-22(24(28)36)25(32-31-21)29-13-18-9-16(3)23(35)17(4)10-18/h9-11,14-15,35H,5-8,12-13H2,1-4H3,(H2,28,36)(H2,29,31,32). The molecule has 36 heavy (non-hydrogen) atoms. The Labute approximate surface area is 216 Å². The number of primary amides is 1. The summed E-state index contributed by atoms with van der Waals surface area (Å²) in [6.45, 7) is 12.3. The molecular weight excluding hydrogens is 478 g/mol. The third kappa shape index (κ3) is 5.57. The van der Waals surface area contributed by atoms with Crippen molar-refractivity contribution in [1.82, 2.24) is 20.1 Å². The minimum atomic E-state index is -0.571. The van der Waals surface area contributed by atoms with E-state index in [1.54, 1.807) is 6.20 Å². The highest BCUT2D eigenvalue weighted by atomic mass is 35.5. The first-order valence-corrected chi connectivity index (χ1v) is 12.5. The van der Waals surface area contributed by atoms with Crippen molar-refractivity contribution in [1.29, 1.82) is 0 Å². The Kier molecular flexibility index (Phi) is 7.70. The summed E-state index contributed by atoms with van der Waals surface area (Å²) in [6, 6.07) is 6.20. The minimum Gasteiger partial charge on any atom is -0.507 e. The van der Waals surface area contributed by atoms with E-state index in [2.05, 4.69) is 44.1 Å². The first-order valence-electron chi connectivity index (χ1n) is 12.2. The molecule has 0 radical (unpaired) electrons. The molecule has 0 bridgehead atoms. The van der Waals surface area contributed by atoms with Gasteiger partial charge in [0.1, 0.15) is 17.1 Å². The number of carbonyl (C=O) groups excluding carboxylic acids is 1. The number of nitrogens with one attached hydrogen (secondary N) is 2. The molecule has 0 atom stereocenters. The molecule has 1 aromatic carbocycles. The number of phenols is 1. The van der Waals surface area contributed by atoms with Gasteiger partial charge in [-0.25, -0.2) is 4.98 Å². The fourth-order valence-corrected chi connectivity index (χ4v) is 5.00. The zero-order chi connectivity index (χ0) is 26.0. The van der Waals surface area contributed by atoms with Crippen molar-refractivity contribution in [3.8, 4) is 5.75 Å². The lowest BCUT2D eigenvalue weighted by atomic mass is 10.1. The summed E-state index contributed by atoms with van der Waals surface area (Å²) in [5.74, 6) is 0.887. The molecule has 1 aliphatic heterocycles. The van der Waals surface area contributed by atoms with Crippen molar-refractivity contribution in [2.24, 2.45) is 5.73 Å². The lowest BCUT2D eigenvalue weighted by molar-refractivity contribution is 0.100. The molecule has 1 saturated heterocycles. The summed E-state index contributed by atoms with van der Waals surface area (Å²) in [5, 5.41) is 21.0. The molecule has 3 heterocycles. The Morgan fingerprint density at radius 1 is 1.17 bits per heavy atom. The zero-order valence-corrected chi connectivity index (χ0v) is 22.0. The lowest BCUT2D eigenvalue weighted by Crippen LogP contribution is -2.49. The van der Waals surface area contributed by atoms with Crippen LogP contribution in [0.4, 0.5) is 11.6 Å². The quantitative estimate of drug-likeness (QED) is 0.364. The summed E-state index contributed by atoms with van der Waals surface area (Å²) < 4.78 is 0. The van der Waals surface area contributed by atoms with E-state index in [1.165, 1.54) is 0 Å². The molecule has 192 valence electrons. The number of hydrogen-bond acceptors (Lipinski definition) is 7. The van der Waals surface area contributed by atoms with Gasteiger partial charge >= 0.3 is 0 Å². The van der Waals surface area contributed by atoms with E-state index in [0.717, 1.165) is 54.3 Å². The lowest BCUT2D eigenvalue weighted by Gasteiger charge is -2.37. The number of nitrogens with zero attached hydrogens (tertiary/aromatic N) is 4. The number of aromatic amines is 1. The molecule has 1 aliphatic rings. The smallest absolute Gasteiger partial charge is 0.254 e. The summed E-state index contributed by atoms with van der Waals surface area (Å²) in [4.78, 5) is 21.6. The summed E-state index contributed by atoms with van der Waals surface area (Å²) >= 11 is 6.62. The van der Waals surface area contributed by atoms with Crippen LogP contribution in [-0.4, -0.2) is 63.3 Å². The van der Waals surface area contributed by atoms with Crippen molar-refractivity contribution >= 4 is 29.1 Å². The topological polar surface area (TPSA) is 123 Å². The number of phenolic OH excluding ortho intramolecular Hbond substituents is 1. The predicted molar refractivity (Wildman–Crippen MR) is 143 cm³/mol. The normalized spacial score (nSPS) is 14.4. The Hall–Kier alpha value is -3.30. The van der Waals surface area contributed by atoms with Gasteiger partial charge in [0, 0.05) is 51.4 Å². The number of aromatic nitrogens is 3. The zero-order valence-electron chi connectivity index (χ0n) is 21.2. The van der Waals surface area contributed by atoms with Crippen LogP contribution in [0, 0.1) is 13.8 Å². The van der Waals surface area contributed by atoms with Crippen LogP contribution < -0.4 is 16.0 Å². The van der Waals surface area contributed by atoms with Gasteiger partial charge in [0.05, 0.1) is 10.7 Å². The molecule has 0 spiro atoms. The Morgan fingerprint density at radius 2 is 1.83 bits per heavy atom. The monoisotopic (exact) mass is 511 g/mol. The Morgan fingerprint density at radius 3 is 2.42 bits per heavy atom. The Balaban J connectivity index is 1.47. The maximum absolute atomic E-state index is 12.3. The maximum Gasteiger partial charge on any atom is 0.254 e. The maximum atomic E-state index is 12.3. The van der Waals surface area contributed by atoms with Crippen LogP contribution in [0.15, 0.2) is 24.4 Å². The number of rotatable bonds is 8. The van der Waals surface area contributed by atoms with Crippen molar-refractivity contribution in [3.05, 3.63) is 62.9 Å². The number of H-pyrrole nitrogens is 1. The van der Waals surface area contributed by atoms with E-state index in [-0.39, 0.29) is 5.75 Å². The molecule has 1 amide bonds. The molecule has 9 nitrogen and oxygen atoms in total. The fourth-order valence-electron chi connectivity index (χ4n) is 4.69. The average Bonchev–Trinajstić information content (AvgIpc) is 3.24. The van der Waals surface area contributed by atoms with E-state index in [1.807, 2.05) is 32.0 Å². The number of aromatic hydroxyl groups is 1. The van der Waals surface area contributed by atoms with E-state index < -0.39 is 5.91 Å². The number of pyridine rings is 1. The van der Waals surface area contributed by atoms with Gasteiger partial charge in [-0.05, 0) is 56.0 Å². The fraction of sp³-hybridized carbons (Fsp3) is 0.423. The first-order chi connectivity index (χ1) is 17.1. The summed E-state index contributed by atoms with van der Waals surface area (Å²) in [7, 11) is 0. The average molecular weight is 512 g/mol. The number of piperazine rings is 1. The third-order valence-electron chi connectivity index (χ3n) is 6.70. The van der Waals surface area contributed by atoms with E-state index in [9.17, 15) is 9.90 Å². The highest BCUT2D eigenvalue weighted by molar-refractivity contribution is 6.33. The second-order valence-electron chi connectivity index (χ2n) is 9.66. The second kappa shape index (κ2) is 10.8. The van der Waals surface area contributed by atoms with Crippen LogP contribution in [0.25, 0.3) is 0 Å². The summed E-state index contributed by atoms with van der Waals surface area (Å²) in [5.41, 5.74) is 10.0. The largest absolute Gasteiger partial charge is 0.507 e. The molecule has 4 rings (SSSR count). The van der Waals surface area contributed by atoms with Gasteiger partial charge in [-0.1, -0.05) is 23.7 Å². The van der Waals surface area contributed by atoms with Crippen molar-refractivity contribution < 1.29 is 9.90 Å². The number of hydrogen-bond donors (Lipinski definition) is 4. The van der Waals surface area contributed by atoms with Gasteiger partial charge in [-0.2, -0.15) is 5.10 Å². The van der Waals surface area contributed by atoms with Crippen molar-refractivity contribution in [3.63, 3.8) is 0 Å². The van der Waals surface area contributed by atoms with Crippen LogP contribution in [-0.2, 0) is 13.0 Å². The summed E-state index contributed by atoms with van der Waals surface area (Å²) in [6.07, 6.45) is 2.18. The first kappa shape index (κ1) is 25.8. The van der Waals surface area contributed by atoms with Gasteiger partial charge in [-0.3, -0.25) is 14.8 Å². The highest BCUT2D eigenvalue weighted by Crippen LogP contribution is 2.28. The van der Waals surface area contributed by atoms with E-state index in [4.69, 9.17) is 17.3 Å². The van der Waals surface area contributed by atoms with Gasteiger partial charge in [0.15, 0.2) is 5.82 Å². The van der Waals surface area contributed by atoms with E-state index >= 15 is 0 Å². The van der Waals surface area contributed by atoms with Gasteiger partial charge in [0.25, 0.3) is 5.91 Å². The Bertz CT molecular complexity index is 1230. The number of carbonyl (C=O) groups is 1. The van der Waals surface area contributed by atoms with Crippen LogP contribution in [0.3, 0.4) is 0 Å². The van der Waals surface area contributed by atoms with Crippen molar-refractivity contribution in [2.75, 3.05) is 36.4 Å². The number of nitrogens with two attached hydrogens (primary N) is 1. The number of anilines is 2. The molecule has 0 unspecified atom stereocenters. The molecule has 5 N–H and O–H groups in total. The van der Waals surface area contributed by atoms with Crippen LogP contribution in [0.5, 0.6) is 5.75 Å². The van der Waals surface area contributed by atoms with Crippen LogP contribution in [0.1, 0.15) is 52.2 Å². The molecular formula is C26H34ClN7O2. The molecule has 10 heteroatoms. The van der Waals surface area contributed by atoms with Gasteiger partial charge in [0.2, 0.25) is 0 Å². The number of aryl methyl sites for hydroxylation is 2. The predicted octanol–water partition coefficient (Wildman–Crippen LogP) is 3.61. The minimum absolute atomic E-state index is 0.287. The van der Waals surface area contributed by atoms with Crippen LogP contribution in [0.2, 0.25) is 5.02 Å². The molecule has 2 aromatic heterocycles. The SMILES string of the molecule is Cc1cc(CNc2n[nH]c(Cc3cnc(N4CCN(C(C)C)CC4)c(Cl)c3)c2C(N)=O)cc(C)c1O. The number of benzene rings is 1. The molecule has 0 aliphatic carbocycles.